The van der Waals surface area contributed by atoms with E-state index in [-0.39, 0.29) is 5.91 Å². The van der Waals surface area contributed by atoms with E-state index in [0.29, 0.717) is 18.9 Å². The third kappa shape index (κ3) is 3.62. The second-order valence-electron chi connectivity index (χ2n) is 5.92. The van der Waals surface area contributed by atoms with Crippen LogP contribution in [0.3, 0.4) is 0 Å². The Morgan fingerprint density at radius 2 is 2.12 bits per heavy atom. The average Bonchev–Trinajstić information content (AvgIpc) is 3.32. The zero-order valence-electron chi connectivity index (χ0n) is 13.7. The van der Waals surface area contributed by atoms with Crippen LogP contribution in [0.4, 0.5) is 5.82 Å². The predicted molar refractivity (Wildman–Crippen MR) is 95.6 cm³/mol. The number of rotatable bonds is 5. The Bertz CT molecular complexity index is 839. The fourth-order valence-corrected chi connectivity index (χ4v) is 3.62. The summed E-state index contributed by atoms with van der Waals surface area (Å²) in [6.07, 6.45) is 3.44. The minimum absolute atomic E-state index is 0.0759. The van der Waals surface area contributed by atoms with E-state index < -0.39 is 0 Å². The van der Waals surface area contributed by atoms with Gasteiger partial charge in [0.15, 0.2) is 0 Å². The van der Waals surface area contributed by atoms with Gasteiger partial charge in [-0.2, -0.15) is 0 Å². The fourth-order valence-electron chi connectivity index (χ4n) is 2.98. The normalized spacial score (nSPS) is 15.6. The Morgan fingerprint density at radius 3 is 2.92 bits per heavy atom. The maximum atomic E-state index is 12.1. The molecule has 0 unspecified atom stereocenters. The van der Waals surface area contributed by atoms with Crippen molar-refractivity contribution in [3.8, 4) is 0 Å². The number of anilines is 1. The third-order valence-electron chi connectivity index (χ3n) is 4.29. The van der Waals surface area contributed by atoms with E-state index in [0.717, 1.165) is 32.0 Å². The van der Waals surface area contributed by atoms with Crippen LogP contribution < -0.4 is 10.2 Å². The summed E-state index contributed by atoms with van der Waals surface area (Å²) in [4.78, 5) is 21.9. The predicted octanol–water partition coefficient (Wildman–Crippen LogP) is 0.624. The van der Waals surface area contributed by atoms with Crippen molar-refractivity contribution in [2.75, 3.05) is 37.6 Å². The highest BCUT2D eigenvalue weighted by molar-refractivity contribution is 7.09. The number of nitrogens with zero attached hydrogens (tertiary/aromatic N) is 6. The minimum atomic E-state index is 0.0759. The molecule has 8 nitrogen and oxygen atoms in total. The number of carbonyl (C=O) groups excluding carboxylic acids is 1. The van der Waals surface area contributed by atoms with Gasteiger partial charge in [0.25, 0.3) is 5.78 Å². The van der Waals surface area contributed by atoms with Crippen LogP contribution in [-0.4, -0.2) is 63.1 Å². The first-order valence-corrected chi connectivity index (χ1v) is 9.09. The molecule has 0 atom stereocenters. The van der Waals surface area contributed by atoms with Gasteiger partial charge in [0.1, 0.15) is 12.1 Å². The number of aromatic nitrogens is 4. The van der Waals surface area contributed by atoms with Gasteiger partial charge in [0.2, 0.25) is 5.91 Å². The van der Waals surface area contributed by atoms with Crippen LogP contribution in [0.15, 0.2) is 36.1 Å². The molecule has 1 aliphatic heterocycles. The van der Waals surface area contributed by atoms with Crippen LogP contribution in [0.2, 0.25) is 0 Å². The molecule has 0 bridgehead atoms. The molecule has 3 aromatic heterocycles. The molecule has 1 N–H and O–H groups in total. The Labute approximate surface area is 149 Å². The topological polar surface area (TPSA) is 78.7 Å². The largest absolute Gasteiger partial charge is 0.355 e. The van der Waals surface area contributed by atoms with E-state index in [4.69, 9.17) is 0 Å². The van der Waals surface area contributed by atoms with Crippen LogP contribution in [0.5, 0.6) is 0 Å². The fraction of sp³-hybridized carbons (Fsp3) is 0.375. The summed E-state index contributed by atoms with van der Waals surface area (Å²) < 4.78 is 1.89. The summed E-state index contributed by atoms with van der Waals surface area (Å²) >= 11 is 1.66. The monoisotopic (exact) mass is 357 g/mol. The lowest BCUT2D eigenvalue weighted by Crippen LogP contribution is -2.49. The van der Waals surface area contributed by atoms with E-state index in [9.17, 15) is 4.79 Å². The molecule has 3 aromatic rings. The van der Waals surface area contributed by atoms with Crippen LogP contribution in [-0.2, 0) is 11.3 Å². The summed E-state index contributed by atoms with van der Waals surface area (Å²) in [6, 6.07) is 6.00. The number of hydrogen-bond donors (Lipinski definition) is 1. The van der Waals surface area contributed by atoms with Crippen molar-refractivity contribution >= 4 is 28.8 Å². The molecule has 1 saturated heterocycles. The molecule has 0 radical (unpaired) electrons. The number of piperazine rings is 1. The van der Waals surface area contributed by atoms with Gasteiger partial charge in [0.05, 0.1) is 13.1 Å². The van der Waals surface area contributed by atoms with E-state index in [1.54, 1.807) is 23.9 Å². The second kappa shape index (κ2) is 7.16. The number of carbonyl (C=O) groups is 1. The number of fused-ring (bicyclic) bond motifs is 1. The molecule has 25 heavy (non-hydrogen) atoms. The van der Waals surface area contributed by atoms with Crippen molar-refractivity contribution in [1.29, 1.82) is 0 Å². The summed E-state index contributed by atoms with van der Waals surface area (Å²) in [6.45, 7) is 4.46. The van der Waals surface area contributed by atoms with Crippen LogP contribution in [0.1, 0.15) is 4.88 Å². The molecule has 1 fully saturated rings. The number of amides is 1. The first kappa shape index (κ1) is 16.0. The van der Waals surface area contributed by atoms with Gasteiger partial charge in [-0.05, 0) is 17.5 Å². The first-order valence-electron chi connectivity index (χ1n) is 8.21. The quantitative estimate of drug-likeness (QED) is 0.721. The highest BCUT2D eigenvalue weighted by Crippen LogP contribution is 2.16. The maximum absolute atomic E-state index is 12.1. The molecule has 4 heterocycles. The average molecular weight is 357 g/mol. The highest BCUT2D eigenvalue weighted by Gasteiger charge is 2.20. The lowest BCUT2D eigenvalue weighted by atomic mass is 10.3. The molecule has 1 amide bonds. The lowest BCUT2D eigenvalue weighted by Gasteiger charge is -2.35. The van der Waals surface area contributed by atoms with Gasteiger partial charge in [-0.15, -0.1) is 21.5 Å². The standard InChI is InChI=1S/C16H19N7OS/c24-14(18-10-13-2-1-9-25-13)11-21-5-7-22(8-6-21)15-3-4-17-16-20-19-12-23(15)16/h1-4,9,12H,5-8,10-11H2,(H,18,24). The SMILES string of the molecule is O=C(CN1CCN(c2ccnc3nncn23)CC1)NCc1cccs1. The van der Waals surface area contributed by atoms with E-state index >= 15 is 0 Å². The molecule has 0 aliphatic carbocycles. The Kier molecular flexibility index (Phi) is 4.57. The van der Waals surface area contributed by atoms with E-state index in [1.165, 1.54) is 4.88 Å². The van der Waals surface area contributed by atoms with Crippen molar-refractivity contribution < 1.29 is 4.79 Å². The van der Waals surface area contributed by atoms with Gasteiger partial charge in [-0.1, -0.05) is 6.07 Å². The highest BCUT2D eigenvalue weighted by atomic mass is 32.1. The minimum Gasteiger partial charge on any atom is -0.355 e. The van der Waals surface area contributed by atoms with E-state index in [1.807, 2.05) is 28.0 Å². The summed E-state index contributed by atoms with van der Waals surface area (Å²) in [5.41, 5.74) is 0. The number of nitrogens with one attached hydrogen (secondary N) is 1. The zero-order chi connectivity index (χ0) is 17.1. The molecule has 130 valence electrons. The summed E-state index contributed by atoms with van der Waals surface area (Å²) in [5.74, 6) is 1.72. The second-order valence-corrected chi connectivity index (χ2v) is 6.96. The van der Waals surface area contributed by atoms with Crippen molar-refractivity contribution in [2.45, 2.75) is 6.54 Å². The Balaban J connectivity index is 1.29. The van der Waals surface area contributed by atoms with Gasteiger partial charge < -0.3 is 10.2 Å². The summed E-state index contributed by atoms with van der Waals surface area (Å²) in [7, 11) is 0. The van der Waals surface area contributed by atoms with Gasteiger partial charge in [-0.3, -0.25) is 14.1 Å². The van der Waals surface area contributed by atoms with Crippen molar-refractivity contribution in [2.24, 2.45) is 0 Å². The Hall–Kier alpha value is -2.52. The molecule has 9 heteroatoms. The molecule has 4 rings (SSSR count). The molecular weight excluding hydrogens is 338 g/mol. The van der Waals surface area contributed by atoms with Crippen LogP contribution >= 0.6 is 11.3 Å². The number of hydrogen-bond acceptors (Lipinski definition) is 7. The van der Waals surface area contributed by atoms with Gasteiger partial charge in [-0.25, -0.2) is 4.98 Å². The molecular formula is C16H19N7OS. The van der Waals surface area contributed by atoms with Crippen LogP contribution in [0.25, 0.3) is 5.78 Å². The molecule has 1 aliphatic rings. The van der Waals surface area contributed by atoms with E-state index in [2.05, 4.69) is 30.3 Å². The van der Waals surface area contributed by atoms with Crippen molar-refractivity contribution in [3.63, 3.8) is 0 Å². The Morgan fingerprint density at radius 1 is 1.24 bits per heavy atom. The van der Waals surface area contributed by atoms with Gasteiger partial charge >= 0.3 is 0 Å². The maximum Gasteiger partial charge on any atom is 0.256 e. The number of thiophene rings is 1. The van der Waals surface area contributed by atoms with Crippen molar-refractivity contribution in [1.82, 2.24) is 29.8 Å². The smallest absolute Gasteiger partial charge is 0.256 e. The lowest BCUT2D eigenvalue weighted by molar-refractivity contribution is -0.122. The van der Waals surface area contributed by atoms with Crippen molar-refractivity contribution in [3.05, 3.63) is 41.0 Å². The van der Waals surface area contributed by atoms with Crippen LogP contribution in [0, 0.1) is 0 Å². The van der Waals surface area contributed by atoms with Gasteiger partial charge in [0, 0.05) is 37.3 Å². The third-order valence-corrected chi connectivity index (χ3v) is 5.17. The molecule has 0 saturated carbocycles. The first-order chi connectivity index (χ1) is 12.3. The zero-order valence-corrected chi connectivity index (χ0v) is 14.5. The molecule has 0 spiro atoms. The summed E-state index contributed by atoms with van der Waals surface area (Å²) in [5, 5.41) is 12.9. The molecule has 0 aromatic carbocycles.